The van der Waals surface area contributed by atoms with Crippen LogP contribution in [0.2, 0.25) is 0 Å². The Balaban J connectivity index is 2.02. The standard InChI is InChI=1S/C14H20FN2O8P/c1-8(2)24-26(21)22-7-14(6-15)10(25-26)13(3,20)11(23-14)17-5-4-9(18)16-12(17)19/h4-5,8,10-11,20H,6-7H2,1-3H3,(H,16,18,19)/t10-,11+,13+,14+,26?/m0/s1. The third-order valence-corrected chi connectivity index (χ3v) is 5.82. The van der Waals surface area contributed by atoms with Gasteiger partial charge in [-0.15, -0.1) is 0 Å². The van der Waals surface area contributed by atoms with Crippen LogP contribution in [0, 0.1) is 0 Å². The molecule has 0 aromatic carbocycles. The number of aliphatic hydroxyl groups is 1. The maximum Gasteiger partial charge on any atom is 0.475 e. The number of phosphoric ester groups is 1. The molecule has 0 bridgehead atoms. The first-order chi connectivity index (χ1) is 12.0. The van der Waals surface area contributed by atoms with Crippen molar-refractivity contribution < 1.29 is 32.4 Å². The molecule has 26 heavy (non-hydrogen) atoms. The lowest BCUT2D eigenvalue weighted by atomic mass is 9.88. The number of aromatic amines is 1. The predicted octanol–water partition coefficient (Wildman–Crippen LogP) is 0.473. The fourth-order valence-corrected chi connectivity index (χ4v) is 4.86. The molecule has 0 radical (unpaired) electrons. The molecule has 2 aliphatic rings. The highest BCUT2D eigenvalue weighted by Crippen LogP contribution is 2.62. The molecule has 0 aliphatic carbocycles. The topological polar surface area (TPSA) is 129 Å². The number of hydrogen-bond donors (Lipinski definition) is 2. The normalized spacial score (nSPS) is 39.9. The molecule has 2 aliphatic heterocycles. The van der Waals surface area contributed by atoms with Gasteiger partial charge >= 0.3 is 13.5 Å². The lowest BCUT2D eigenvalue weighted by Gasteiger charge is -2.40. The second kappa shape index (κ2) is 6.36. The van der Waals surface area contributed by atoms with E-state index in [1.54, 1.807) is 13.8 Å². The van der Waals surface area contributed by atoms with Gasteiger partial charge in [-0.3, -0.25) is 27.9 Å². The first kappa shape index (κ1) is 19.4. The highest BCUT2D eigenvalue weighted by molar-refractivity contribution is 7.48. The number of hydrogen-bond acceptors (Lipinski definition) is 8. The van der Waals surface area contributed by atoms with Crippen molar-refractivity contribution in [3.63, 3.8) is 0 Å². The Hall–Kier alpha value is -1.36. The number of halogens is 1. The Bertz CT molecular complexity index is 852. The number of ether oxygens (including phenoxy) is 1. The monoisotopic (exact) mass is 394 g/mol. The Morgan fingerprint density at radius 3 is 2.81 bits per heavy atom. The third kappa shape index (κ3) is 3.08. The largest absolute Gasteiger partial charge is 0.475 e. The van der Waals surface area contributed by atoms with Crippen LogP contribution in [0.5, 0.6) is 0 Å². The number of H-pyrrole nitrogens is 1. The summed E-state index contributed by atoms with van der Waals surface area (Å²) in [5.41, 5.74) is -5.28. The van der Waals surface area contributed by atoms with Crippen molar-refractivity contribution in [3.8, 4) is 0 Å². The molecule has 0 saturated carbocycles. The third-order valence-electron chi connectivity index (χ3n) is 4.23. The lowest BCUT2D eigenvalue weighted by Crippen LogP contribution is -2.56. The number of aromatic nitrogens is 2. The molecule has 2 fully saturated rings. The number of fused-ring (bicyclic) bond motifs is 1. The molecular formula is C14H20FN2O8P. The SMILES string of the molecule is CC(C)OP1(=O)OC[C@@]2(CF)O[C@@H](n3ccc(=O)[nH]c3=O)[C@](C)(O)[C@@H]2O1. The summed E-state index contributed by atoms with van der Waals surface area (Å²) < 4.78 is 48.6. The summed E-state index contributed by atoms with van der Waals surface area (Å²) in [6.45, 7) is 2.82. The fourth-order valence-electron chi connectivity index (χ4n) is 3.13. The van der Waals surface area contributed by atoms with Gasteiger partial charge in [0.25, 0.3) is 5.56 Å². The maximum atomic E-state index is 13.9. The Labute approximate surface area is 147 Å². The maximum absolute atomic E-state index is 13.9. The van der Waals surface area contributed by atoms with Crippen molar-refractivity contribution in [2.75, 3.05) is 13.3 Å². The van der Waals surface area contributed by atoms with Crippen LogP contribution in [0.15, 0.2) is 21.9 Å². The second-order valence-corrected chi connectivity index (χ2v) is 8.35. The predicted molar refractivity (Wildman–Crippen MR) is 85.4 cm³/mol. The van der Waals surface area contributed by atoms with Crippen LogP contribution in [0.25, 0.3) is 0 Å². The zero-order valence-electron chi connectivity index (χ0n) is 14.4. The van der Waals surface area contributed by atoms with E-state index in [0.717, 1.165) is 16.8 Å². The smallest absolute Gasteiger partial charge is 0.383 e. The van der Waals surface area contributed by atoms with Crippen molar-refractivity contribution in [1.29, 1.82) is 0 Å². The second-order valence-electron chi connectivity index (χ2n) is 6.77. The molecule has 3 heterocycles. The Morgan fingerprint density at radius 1 is 1.54 bits per heavy atom. The van der Waals surface area contributed by atoms with Gasteiger partial charge in [-0.25, -0.2) is 13.8 Å². The summed E-state index contributed by atoms with van der Waals surface area (Å²) in [5, 5.41) is 11.0. The van der Waals surface area contributed by atoms with Gasteiger partial charge in [-0.05, 0) is 20.8 Å². The van der Waals surface area contributed by atoms with E-state index in [0.29, 0.717) is 0 Å². The average Bonchev–Trinajstić information content (AvgIpc) is 2.75. The minimum Gasteiger partial charge on any atom is -0.383 e. The van der Waals surface area contributed by atoms with Crippen LogP contribution in [0.1, 0.15) is 27.0 Å². The van der Waals surface area contributed by atoms with Crippen LogP contribution in [-0.2, 0) is 22.9 Å². The number of nitrogens with zero attached hydrogens (tertiary/aromatic N) is 1. The summed E-state index contributed by atoms with van der Waals surface area (Å²) >= 11 is 0. The fraction of sp³-hybridized carbons (Fsp3) is 0.714. The summed E-state index contributed by atoms with van der Waals surface area (Å²) in [6, 6.07) is 1.05. The quantitative estimate of drug-likeness (QED) is 0.706. The van der Waals surface area contributed by atoms with Crippen LogP contribution < -0.4 is 11.2 Å². The van der Waals surface area contributed by atoms with E-state index in [2.05, 4.69) is 0 Å². The highest BCUT2D eigenvalue weighted by Gasteiger charge is 2.68. The summed E-state index contributed by atoms with van der Waals surface area (Å²) in [4.78, 5) is 25.3. The van der Waals surface area contributed by atoms with E-state index >= 15 is 0 Å². The van der Waals surface area contributed by atoms with Gasteiger partial charge in [0.05, 0.1) is 12.7 Å². The number of phosphoric acid groups is 1. The molecular weight excluding hydrogens is 374 g/mol. The van der Waals surface area contributed by atoms with Gasteiger partial charge < -0.3 is 9.84 Å². The minimum absolute atomic E-state index is 0.511. The van der Waals surface area contributed by atoms with E-state index in [-0.39, 0.29) is 0 Å². The first-order valence-corrected chi connectivity index (χ1v) is 9.38. The molecule has 2 N–H and O–H groups in total. The molecule has 1 unspecified atom stereocenters. The van der Waals surface area contributed by atoms with Crippen LogP contribution in [0.3, 0.4) is 0 Å². The van der Waals surface area contributed by atoms with Crippen LogP contribution in [0.4, 0.5) is 4.39 Å². The van der Waals surface area contributed by atoms with E-state index < -0.39 is 62.0 Å². The Kier molecular flexibility index (Phi) is 4.75. The van der Waals surface area contributed by atoms with Crippen molar-refractivity contribution in [2.24, 2.45) is 0 Å². The van der Waals surface area contributed by atoms with Gasteiger partial charge in [-0.2, -0.15) is 0 Å². The van der Waals surface area contributed by atoms with E-state index in [4.69, 9.17) is 18.3 Å². The van der Waals surface area contributed by atoms with Crippen LogP contribution in [-0.4, -0.2) is 51.3 Å². The van der Waals surface area contributed by atoms with Gasteiger partial charge in [0, 0.05) is 12.3 Å². The van der Waals surface area contributed by atoms with Gasteiger partial charge in [-0.1, -0.05) is 0 Å². The molecule has 1 aromatic heterocycles. The molecule has 3 rings (SSSR count). The van der Waals surface area contributed by atoms with Gasteiger partial charge in [0.2, 0.25) is 0 Å². The number of rotatable bonds is 4. The summed E-state index contributed by atoms with van der Waals surface area (Å²) in [6.07, 6.45) is -2.26. The zero-order chi connectivity index (χ0) is 19.3. The first-order valence-electron chi connectivity index (χ1n) is 7.92. The number of nitrogens with one attached hydrogen (secondary N) is 1. The van der Waals surface area contributed by atoms with Crippen LogP contribution >= 0.6 is 7.82 Å². The molecule has 0 amide bonds. The van der Waals surface area contributed by atoms with Gasteiger partial charge in [0.1, 0.15) is 18.4 Å². The molecule has 12 heteroatoms. The van der Waals surface area contributed by atoms with Crippen molar-refractivity contribution in [3.05, 3.63) is 33.1 Å². The van der Waals surface area contributed by atoms with Crippen molar-refractivity contribution in [1.82, 2.24) is 9.55 Å². The highest BCUT2D eigenvalue weighted by atomic mass is 31.2. The average molecular weight is 394 g/mol. The lowest BCUT2D eigenvalue weighted by molar-refractivity contribution is -0.157. The minimum atomic E-state index is -4.06. The number of alkyl halides is 1. The molecule has 1 aromatic rings. The molecule has 2 saturated heterocycles. The summed E-state index contributed by atoms with van der Waals surface area (Å²) in [7, 11) is -4.06. The molecule has 146 valence electrons. The Morgan fingerprint density at radius 2 is 2.23 bits per heavy atom. The van der Waals surface area contributed by atoms with E-state index in [1.165, 1.54) is 6.92 Å². The molecule has 10 nitrogen and oxygen atoms in total. The molecule has 0 spiro atoms. The zero-order valence-corrected chi connectivity index (χ0v) is 15.3. The van der Waals surface area contributed by atoms with Crippen molar-refractivity contribution >= 4 is 7.82 Å². The molecule has 5 atom stereocenters. The van der Waals surface area contributed by atoms with E-state index in [9.17, 15) is 23.7 Å². The summed E-state index contributed by atoms with van der Waals surface area (Å²) in [5.74, 6) is 0. The van der Waals surface area contributed by atoms with Crippen molar-refractivity contribution in [2.45, 2.75) is 50.4 Å². The van der Waals surface area contributed by atoms with Gasteiger partial charge in [0.15, 0.2) is 11.8 Å². The van der Waals surface area contributed by atoms with E-state index in [1.807, 2.05) is 4.98 Å².